The highest BCUT2D eigenvalue weighted by atomic mass is 15.0. The Morgan fingerprint density at radius 2 is 0.700 bits per heavy atom. The van der Waals surface area contributed by atoms with Crippen LogP contribution in [0.3, 0.4) is 0 Å². The van der Waals surface area contributed by atoms with E-state index in [0.717, 1.165) is 78.2 Å². The number of hydrogen-bond donors (Lipinski definition) is 9. The number of H-pyrrole nitrogens is 3. The van der Waals surface area contributed by atoms with Crippen LogP contribution in [0.25, 0.3) is 0 Å². The first-order chi connectivity index (χ1) is 29.6. The van der Waals surface area contributed by atoms with Gasteiger partial charge in [0.1, 0.15) is 0 Å². The first-order valence-corrected chi connectivity index (χ1v) is 24.5. The van der Waals surface area contributed by atoms with Gasteiger partial charge in [-0.3, -0.25) is 0 Å². The molecule has 4 aromatic rings. The number of rotatable bonds is 24. The van der Waals surface area contributed by atoms with E-state index in [-0.39, 0.29) is 0 Å². The van der Waals surface area contributed by atoms with Crippen molar-refractivity contribution in [2.24, 2.45) is 17.8 Å². The normalized spacial score (nSPS) is 23.6. The SMILES string of the molecule is CCc1c(CNC[C@@H]2CCCC[C@H]2NCc2ccc[nH]2)c(CC)c(CNC[C@@H]2CCCC[C@H]2NCc2ccc[nH]2)c(CC)c1CNC[C@@H]1CCCC[C@H]1NCc1ccc[nH]1. The smallest absolute Gasteiger partial charge is 0.0359 e. The van der Waals surface area contributed by atoms with Gasteiger partial charge in [-0.15, -0.1) is 0 Å². The number of hydrogen-bond acceptors (Lipinski definition) is 6. The fourth-order valence-electron chi connectivity index (χ4n) is 11.5. The maximum Gasteiger partial charge on any atom is 0.0359 e. The van der Waals surface area contributed by atoms with E-state index in [2.05, 4.69) is 104 Å². The summed E-state index contributed by atoms with van der Waals surface area (Å²) in [4.78, 5) is 10.2. The van der Waals surface area contributed by atoms with Crippen LogP contribution in [-0.4, -0.2) is 52.7 Å². The predicted molar refractivity (Wildman–Crippen MR) is 250 cm³/mol. The van der Waals surface area contributed by atoms with Crippen molar-refractivity contribution in [2.45, 2.75) is 174 Å². The molecule has 0 spiro atoms. The summed E-state index contributed by atoms with van der Waals surface area (Å²) in [6, 6.07) is 14.6. The van der Waals surface area contributed by atoms with Crippen molar-refractivity contribution >= 4 is 0 Å². The molecule has 3 fully saturated rings. The molecule has 0 saturated heterocycles. The Kier molecular flexibility index (Phi) is 17.9. The highest BCUT2D eigenvalue weighted by Gasteiger charge is 2.29. The van der Waals surface area contributed by atoms with Crippen molar-refractivity contribution in [3.05, 3.63) is 105 Å². The lowest BCUT2D eigenvalue weighted by Crippen LogP contribution is -2.43. The quantitative estimate of drug-likeness (QED) is 0.0350. The third-order valence-corrected chi connectivity index (χ3v) is 14.7. The fourth-order valence-corrected chi connectivity index (χ4v) is 11.5. The maximum atomic E-state index is 4.10. The Hall–Kier alpha value is -3.18. The Labute approximate surface area is 363 Å². The highest BCUT2D eigenvalue weighted by molar-refractivity contribution is 5.52. The molecule has 1 aromatic carbocycles. The summed E-state index contributed by atoms with van der Waals surface area (Å²) in [6.07, 6.45) is 25.1. The summed E-state index contributed by atoms with van der Waals surface area (Å²) < 4.78 is 0. The molecule has 0 aliphatic heterocycles. The van der Waals surface area contributed by atoms with Crippen LogP contribution in [0, 0.1) is 17.8 Å². The molecule has 0 unspecified atom stereocenters. The van der Waals surface area contributed by atoms with Crippen molar-refractivity contribution in [3.63, 3.8) is 0 Å². The molecule has 330 valence electrons. The monoisotopic (exact) mass is 820 g/mol. The van der Waals surface area contributed by atoms with Crippen LogP contribution >= 0.6 is 0 Å². The first-order valence-electron chi connectivity index (χ1n) is 24.5. The summed E-state index contributed by atoms with van der Waals surface area (Å²) in [6.45, 7) is 16.1. The number of aromatic amines is 3. The van der Waals surface area contributed by atoms with Crippen molar-refractivity contribution < 1.29 is 0 Å². The van der Waals surface area contributed by atoms with Crippen molar-refractivity contribution in [1.29, 1.82) is 0 Å². The lowest BCUT2D eigenvalue weighted by atomic mass is 9.81. The molecule has 7 rings (SSSR count). The molecule has 6 atom stereocenters. The van der Waals surface area contributed by atoms with Gasteiger partial charge in [-0.05, 0) is 165 Å². The van der Waals surface area contributed by atoms with E-state index in [4.69, 9.17) is 0 Å². The average molecular weight is 820 g/mol. The Bertz CT molecular complexity index is 1540. The number of aromatic nitrogens is 3. The standard InChI is InChI=1S/C51H81N9/c1-4-43-46(34-52-28-37-16-7-10-22-49(37)58-31-40-19-13-25-55-40)44(5-2)48(36-54-30-39-18-9-12-24-51(39)60-33-42-21-15-27-57-42)45(6-3)47(43)35-53-29-38-17-8-11-23-50(38)59-32-41-20-14-26-56-41/h13-15,19-21,25-27,37-39,49-60H,4-12,16-18,22-24,28-36H2,1-3H3/t37-,38-,39-,49+,50+,51+/m0/s1. The topological polar surface area (TPSA) is 120 Å². The van der Waals surface area contributed by atoms with Gasteiger partial charge in [-0.1, -0.05) is 59.3 Å². The average Bonchev–Trinajstić information content (AvgIpc) is 4.11. The lowest BCUT2D eigenvalue weighted by molar-refractivity contribution is 0.251. The first kappa shape index (κ1) is 44.9. The van der Waals surface area contributed by atoms with Crippen molar-refractivity contribution in [1.82, 2.24) is 46.9 Å². The van der Waals surface area contributed by atoms with Crippen LogP contribution in [0.4, 0.5) is 0 Å². The summed E-state index contributed by atoms with van der Waals surface area (Å²) in [5.41, 5.74) is 13.4. The van der Waals surface area contributed by atoms with Gasteiger partial charge in [-0.25, -0.2) is 0 Å². The molecular weight excluding hydrogens is 739 g/mol. The summed E-state index contributed by atoms with van der Waals surface area (Å²) in [5.74, 6) is 1.97. The van der Waals surface area contributed by atoms with Crippen molar-refractivity contribution in [2.75, 3.05) is 19.6 Å². The minimum atomic E-state index is 0.565. The Morgan fingerprint density at radius 3 is 0.967 bits per heavy atom. The largest absolute Gasteiger partial charge is 0.364 e. The number of nitrogens with one attached hydrogen (secondary N) is 9. The molecule has 3 heterocycles. The van der Waals surface area contributed by atoms with Crippen LogP contribution in [0.1, 0.15) is 148 Å². The zero-order valence-corrected chi connectivity index (χ0v) is 37.6. The molecule has 0 bridgehead atoms. The Morgan fingerprint density at radius 1 is 0.400 bits per heavy atom. The van der Waals surface area contributed by atoms with Crippen LogP contribution in [0.15, 0.2) is 55.0 Å². The second kappa shape index (κ2) is 23.9. The molecule has 3 aliphatic rings. The second-order valence-corrected chi connectivity index (χ2v) is 18.5. The van der Waals surface area contributed by atoms with Gasteiger partial charge >= 0.3 is 0 Å². The van der Waals surface area contributed by atoms with Gasteiger partial charge in [0, 0.05) is 93.1 Å². The molecule has 3 saturated carbocycles. The lowest BCUT2D eigenvalue weighted by Gasteiger charge is -2.34. The molecule has 9 heteroatoms. The highest BCUT2D eigenvalue weighted by Crippen LogP contribution is 2.33. The maximum absolute atomic E-state index is 4.10. The van der Waals surface area contributed by atoms with Crippen LogP contribution < -0.4 is 31.9 Å². The molecular formula is C51H81N9. The molecule has 9 nitrogen and oxygen atoms in total. The van der Waals surface area contributed by atoms with Gasteiger partial charge in [-0.2, -0.15) is 0 Å². The second-order valence-electron chi connectivity index (χ2n) is 18.5. The predicted octanol–water partition coefficient (Wildman–Crippen LogP) is 8.67. The minimum Gasteiger partial charge on any atom is -0.364 e. The Balaban J connectivity index is 1.07. The zero-order chi connectivity index (χ0) is 41.4. The van der Waals surface area contributed by atoms with E-state index in [1.165, 1.54) is 94.1 Å². The van der Waals surface area contributed by atoms with E-state index >= 15 is 0 Å². The van der Waals surface area contributed by atoms with Gasteiger partial charge in [0.05, 0.1) is 0 Å². The van der Waals surface area contributed by atoms with Crippen LogP contribution in [0.2, 0.25) is 0 Å². The molecule has 60 heavy (non-hydrogen) atoms. The molecule has 0 amide bonds. The molecule has 3 aromatic heterocycles. The van der Waals surface area contributed by atoms with E-state index in [0.29, 0.717) is 35.9 Å². The van der Waals surface area contributed by atoms with Crippen LogP contribution in [-0.2, 0) is 58.5 Å². The number of benzene rings is 1. The van der Waals surface area contributed by atoms with E-state index in [1.54, 1.807) is 33.4 Å². The molecule has 0 radical (unpaired) electrons. The van der Waals surface area contributed by atoms with Crippen LogP contribution in [0.5, 0.6) is 0 Å². The molecule has 3 aliphatic carbocycles. The minimum absolute atomic E-state index is 0.565. The summed E-state index contributed by atoms with van der Waals surface area (Å²) >= 11 is 0. The van der Waals surface area contributed by atoms with E-state index in [9.17, 15) is 0 Å². The zero-order valence-electron chi connectivity index (χ0n) is 37.6. The van der Waals surface area contributed by atoms with Crippen molar-refractivity contribution in [3.8, 4) is 0 Å². The van der Waals surface area contributed by atoms with Gasteiger partial charge in [0.2, 0.25) is 0 Å². The third-order valence-electron chi connectivity index (χ3n) is 14.7. The van der Waals surface area contributed by atoms with E-state index < -0.39 is 0 Å². The fraction of sp³-hybridized carbons (Fsp3) is 0.647. The molecule has 9 N–H and O–H groups in total. The van der Waals surface area contributed by atoms with Gasteiger partial charge in [0.15, 0.2) is 0 Å². The summed E-state index contributed by atoms with van der Waals surface area (Å²) in [5, 5.41) is 24.1. The van der Waals surface area contributed by atoms with E-state index in [1.807, 2.05) is 18.6 Å². The van der Waals surface area contributed by atoms with Gasteiger partial charge in [0.25, 0.3) is 0 Å². The van der Waals surface area contributed by atoms with Gasteiger partial charge < -0.3 is 46.9 Å². The summed E-state index contributed by atoms with van der Waals surface area (Å²) in [7, 11) is 0. The third kappa shape index (κ3) is 12.3.